The van der Waals surface area contributed by atoms with Gasteiger partial charge in [-0.1, -0.05) is 12.1 Å². The first-order chi connectivity index (χ1) is 12.2. The Morgan fingerprint density at radius 2 is 1.92 bits per heavy atom. The van der Waals surface area contributed by atoms with Crippen LogP contribution in [0.1, 0.15) is 15.9 Å². The van der Waals surface area contributed by atoms with Gasteiger partial charge in [0.1, 0.15) is 11.6 Å². The van der Waals surface area contributed by atoms with Crippen LogP contribution in [0.4, 0.5) is 4.39 Å². The van der Waals surface area contributed by atoms with E-state index in [9.17, 15) is 9.18 Å². The number of nitrogens with one attached hydrogen (secondary N) is 1. The third kappa shape index (κ3) is 3.92. The molecule has 0 atom stereocenters. The first-order valence-electron chi connectivity index (χ1n) is 7.58. The van der Waals surface area contributed by atoms with Gasteiger partial charge < -0.3 is 9.30 Å². The van der Waals surface area contributed by atoms with Gasteiger partial charge in [-0.25, -0.2) is 9.82 Å². The topological polar surface area (TPSA) is 55.6 Å². The van der Waals surface area contributed by atoms with E-state index in [4.69, 9.17) is 4.74 Å². The van der Waals surface area contributed by atoms with Gasteiger partial charge in [-0.2, -0.15) is 5.10 Å². The zero-order chi connectivity index (χ0) is 17.6. The van der Waals surface area contributed by atoms with Gasteiger partial charge in [-0.05, 0) is 42.5 Å². The highest BCUT2D eigenvalue weighted by Gasteiger charge is 2.09. The number of amides is 1. The molecular formula is C19H16FN3O2. The summed E-state index contributed by atoms with van der Waals surface area (Å²) in [6, 6.07) is 15.2. The van der Waals surface area contributed by atoms with Crippen LogP contribution in [-0.4, -0.2) is 23.8 Å². The van der Waals surface area contributed by atoms with Crippen LogP contribution in [-0.2, 0) is 0 Å². The number of nitrogens with zero attached hydrogens (tertiary/aromatic N) is 2. The lowest BCUT2D eigenvalue weighted by Crippen LogP contribution is -2.18. The van der Waals surface area contributed by atoms with E-state index in [1.54, 1.807) is 13.2 Å². The Balaban J connectivity index is 1.65. The summed E-state index contributed by atoms with van der Waals surface area (Å²) in [5, 5.41) is 3.87. The molecule has 2 aromatic carbocycles. The fourth-order valence-corrected chi connectivity index (χ4v) is 2.28. The Morgan fingerprint density at radius 3 is 2.64 bits per heavy atom. The van der Waals surface area contributed by atoms with Crippen molar-refractivity contribution in [3.63, 3.8) is 0 Å². The van der Waals surface area contributed by atoms with E-state index in [1.807, 2.05) is 47.3 Å². The van der Waals surface area contributed by atoms with Gasteiger partial charge in [0.05, 0.1) is 18.9 Å². The van der Waals surface area contributed by atoms with Crippen LogP contribution >= 0.6 is 0 Å². The van der Waals surface area contributed by atoms with E-state index >= 15 is 0 Å². The van der Waals surface area contributed by atoms with Crippen molar-refractivity contribution < 1.29 is 13.9 Å². The van der Waals surface area contributed by atoms with Gasteiger partial charge in [0, 0.05) is 23.6 Å². The molecule has 0 radical (unpaired) electrons. The van der Waals surface area contributed by atoms with Crippen LogP contribution in [0.3, 0.4) is 0 Å². The molecule has 6 heteroatoms. The molecule has 126 valence electrons. The van der Waals surface area contributed by atoms with Crippen molar-refractivity contribution in [2.75, 3.05) is 7.11 Å². The maximum Gasteiger partial charge on any atom is 0.274 e. The summed E-state index contributed by atoms with van der Waals surface area (Å²) in [6.07, 6.45) is 5.24. The molecule has 0 aliphatic heterocycles. The minimum atomic E-state index is -0.594. The maximum atomic E-state index is 13.5. The van der Waals surface area contributed by atoms with Crippen LogP contribution < -0.4 is 10.2 Å². The van der Waals surface area contributed by atoms with E-state index < -0.39 is 11.7 Å². The summed E-state index contributed by atoms with van der Waals surface area (Å²) in [6.45, 7) is 0. The molecule has 0 aliphatic carbocycles. The number of ether oxygens (including phenoxy) is 1. The molecule has 0 aliphatic rings. The van der Waals surface area contributed by atoms with Gasteiger partial charge in [0.2, 0.25) is 0 Å². The Labute approximate surface area is 144 Å². The first-order valence-corrected chi connectivity index (χ1v) is 7.58. The molecule has 1 heterocycles. The second-order valence-corrected chi connectivity index (χ2v) is 5.23. The van der Waals surface area contributed by atoms with E-state index in [0.29, 0.717) is 0 Å². The van der Waals surface area contributed by atoms with E-state index in [-0.39, 0.29) is 5.56 Å². The standard InChI is InChI=1S/C19H16FN3O2/c1-25-16-8-6-15(7-9-16)23-11-10-14(13-23)12-21-22-19(24)17-4-2-3-5-18(17)20/h2-13H,1H3,(H,22,24)/b21-12-. The normalized spacial score (nSPS) is 10.8. The smallest absolute Gasteiger partial charge is 0.274 e. The van der Waals surface area contributed by atoms with Crippen LogP contribution in [0, 0.1) is 5.82 Å². The van der Waals surface area contributed by atoms with Crippen LogP contribution in [0.25, 0.3) is 5.69 Å². The SMILES string of the molecule is COc1ccc(-n2ccc(/C=N\NC(=O)c3ccccc3F)c2)cc1. The van der Waals surface area contributed by atoms with E-state index in [2.05, 4.69) is 10.5 Å². The predicted molar refractivity (Wildman–Crippen MR) is 93.8 cm³/mol. The molecule has 0 saturated heterocycles. The molecule has 1 aromatic heterocycles. The Kier molecular flexibility index (Phi) is 4.89. The minimum Gasteiger partial charge on any atom is -0.497 e. The number of hydrazone groups is 1. The van der Waals surface area contributed by atoms with E-state index in [1.165, 1.54) is 24.4 Å². The molecule has 25 heavy (non-hydrogen) atoms. The zero-order valence-corrected chi connectivity index (χ0v) is 13.5. The number of halogens is 1. The molecule has 0 spiro atoms. The van der Waals surface area contributed by atoms with Crippen LogP contribution in [0.5, 0.6) is 5.75 Å². The highest BCUT2D eigenvalue weighted by molar-refractivity contribution is 5.95. The number of rotatable bonds is 5. The monoisotopic (exact) mass is 337 g/mol. The molecule has 0 unspecified atom stereocenters. The van der Waals surface area contributed by atoms with Gasteiger partial charge >= 0.3 is 0 Å². The summed E-state index contributed by atoms with van der Waals surface area (Å²) >= 11 is 0. The second-order valence-electron chi connectivity index (χ2n) is 5.23. The van der Waals surface area contributed by atoms with Crippen molar-refractivity contribution in [3.05, 3.63) is 83.9 Å². The Morgan fingerprint density at radius 1 is 1.16 bits per heavy atom. The van der Waals surface area contributed by atoms with E-state index in [0.717, 1.165) is 17.0 Å². The highest BCUT2D eigenvalue weighted by Crippen LogP contribution is 2.15. The average Bonchev–Trinajstić information content (AvgIpc) is 3.11. The van der Waals surface area contributed by atoms with Crippen molar-refractivity contribution in [1.29, 1.82) is 0 Å². The third-order valence-electron chi connectivity index (χ3n) is 3.58. The summed E-state index contributed by atoms with van der Waals surface area (Å²) in [7, 11) is 1.62. The molecule has 0 bridgehead atoms. The molecule has 3 rings (SSSR count). The van der Waals surface area contributed by atoms with Crippen LogP contribution in [0.15, 0.2) is 72.1 Å². The summed E-state index contributed by atoms with van der Waals surface area (Å²) in [5.41, 5.74) is 4.04. The number of carbonyl (C=O) groups excluding carboxylic acids is 1. The van der Waals surface area contributed by atoms with Crippen molar-refractivity contribution in [3.8, 4) is 11.4 Å². The van der Waals surface area contributed by atoms with Crippen molar-refractivity contribution >= 4 is 12.1 Å². The van der Waals surface area contributed by atoms with Crippen LogP contribution in [0.2, 0.25) is 0 Å². The largest absolute Gasteiger partial charge is 0.497 e. The third-order valence-corrected chi connectivity index (χ3v) is 3.58. The number of aromatic nitrogens is 1. The second kappa shape index (κ2) is 7.44. The molecule has 5 nitrogen and oxygen atoms in total. The van der Waals surface area contributed by atoms with Gasteiger partial charge in [0.15, 0.2) is 0 Å². The zero-order valence-electron chi connectivity index (χ0n) is 13.5. The van der Waals surface area contributed by atoms with Gasteiger partial charge in [-0.3, -0.25) is 4.79 Å². The van der Waals surface area contributed by atoms with Crippen molar-refractivity contribution in [1.82, 2.24) is 9.99 Å². The lowest BCUT2D eigenvalue weighted by molar-refractivity contribution is 0.0951. The Hall–Kier alpha value is -3.41. The molecule has 0 fully saturated rings. The predicted octanol–water partition coefficient (Wildman–Crippen LogP) is 3.39. The molecule has 1 N–H and O–H groups in total. The minimum absolute atomic E-state index is 0.0459. The Bertz CT molecular complexity index is 901. The number of hydrogen-bond donors (Lipinski definition) is 1. The average molecular weight is 337 g/mol. The number of benzene rings is 2. The first kappa shape index (κ1) is 16.4. The number of carbonyl (C=O) groups is 1. The summed E-state index contributed by atoms with van der Waals surface area (Å²) < 4.78 is 20.6. The lowest BCUT2D eigenvalue weighted by atomic mass is 10.2. The number of methoxy groups -OCH3 is 1. The highest BCUT2D eigenvalue weighted by atomic mass is 19.1. The summed E-state index contributed by atoms with van der Waals surface area (Å²) in [5.74, 6) is -0.390. The van der Waals surface area contributed by atoms with Crippen molar-refractivity contribution in [2.24, 2.45) is 5.10 Å². The quantitative estimate of drug-likeness (QED) is 0.573. The van der Waals surface area contributed by atoms with Crippen molar-refractivity contribution in [2.45, 2.75) is 0 Å². The fraction of sp³-hybridized carbons (Fsp3) is 0.0526. The van der Waals surface area contributed by atoms with Gasteiger partial charge in [0.25, 0.3) is 5.91 Å². The molecular weight excluding hydrogens is 321 g/mol. The maximum absolute atomic E-state index is 13.5. The molecule has 3 aromatic rings. The molecule has 1 amide bonds. The number of hydrogen-bond acceptors (Lipinski definition) is 3. The van der Waals surface area contributed by atoms with Gasteiger partial charge in [-0.15, -0.1) is 0 Å². The lowest BCUT2D eigenvalue weighted by Gasteiger charge is -2.04. The summed E-state index contributed by atoms with van der Waals surface area (Å²) in [4.78, 5) is 11.9. The fourth-order valence-electron chi connectivity index (χ4n) is 2.28. The molecule has 0 saturated carbocycles.